The van der Waals surface area contributed by atoms with Crippen molar-refractivity contribution >= 4 is 11.7 Å². The van der Waals surface area contributed by atoms with Gasteiger partial charge >= 0.3 is 5.97 Å². The summed E-state index contributed by atoms with van der Waals surface area (Å²) in [6.45, 7) is 3.59. The van der Waals surface area contributed by atoms with Gasteiger partial charge in [0.25, 0.3) is 0 Å². The highest BCUT2D eigenvalue weighted by Gasteiger charge is 1.96. The van der Waals surface area contributed by atoms with E-state index in [0.29, 0.717) is 0 Å². The van der Waals surface area contributed by atoms with Crippen molar-refractivity contribution in [3.05, 3.63) is 42.5 Å². The minimum atomic E-state index is -0.861. The van der Waals surface area contributed by atoms with Crippen LogP contribution >= 0.6 is 0 Å². The van der Waals surface area contributed by atoms with Gasteiger partial charge in [0.2, 0.25) is 0 Å². The van der Waals surface area contributed by atoms with Crippen molar-refractivity contribution in [1.29, 1.82) is 0 Å². The standard InChI is InChI=1S/C11H13NO2/c1-2-3-9-4-6-10(7-5-9)12-8-11(13)14/h2,4-7,12H,1,3,8H2,(H,13,14). The van der Waals surface area contributed by atoms with Crippen LogP contribution in [0.1, 0.15) is 5.56 Å². The molecular formula is C11H13NO2. The fraction of sp³-hybridized carbons (Fsp3) is 0.182. The number of carbonyl (C=O) groups is 1. The Morgan fingerprint density at radius 3 is 2.57 bits per heavy atom. The van der Waals surface area contributed by atoms with Crippen molar-refractivity contribution in [1.82, 2.24) is 0 Å². The van der Waals surface area contributed by atoms with Crippen LogP contribution in [-0.2, 0) is 11.2 Å². The van der Waals surface area contributed by atoms with Gasteiger partial charge in [-0.25, -0.2) is 0 Å². The maximum atomic E-state index is 10.3. The number of rotatable bonds is 5. The molecule has 0 heterocycles. The van der Waals surface area contributed by atoms with E-state index in [2.05, 4.69) is 11.9 Å². The Morgan fingerprint density at radius 1 is 1.43 bits per heavy atom. The first-order valence-corrected chi connectivity index (χ1v) is 4.38. The fourth-order valence-corrected chi connectivity index (χ4v) is 1.10. The van der Waals surface area contributed by atoms with Gasteiger partial charge in [-0.15, -0.1) is 6.58 Å². The molecule has 0 saturated carbocycles. The number of benzene rings is 1. The van der Waals surface area contributed by atoms with Crippen molar-refractivity contribution < 1.29 is 9.90 Å². The van der Waals surface area contributed by atoms with E-state index in [1.165, 1.54) is 5.56 Å². The Labute approximate surface area is 83.1 Å². The summed E-state index contributed by atoms with van der Waals surface area (Å²) in [7, 11) is 0. The predicted octanol–water partition coefficient (Wildman–Crippen LogP) is 1.91. The van der Waals surface area contributed by atoms with Crippen LogP contribution in [0, 0.1) is 0 Å². The second-order valence-electron chi connectivity index (χ2n) is 2.94. The first-order chi connectivity index (χ1) is 6.72. The third-order valence-electron chi connectivity index (χ3n) is 1.78. The molecule has 1 aromatic rings. The lowest BCUT2D eigenvalue weighted by atomic mass is 10.1. The van der Waals surface area contributed by atoms with E-state index < -0.39 is 5.97 Å². The van der Waals surface area contributed by atoms with Crippen molar-refractivity contribution in [3.63, 3.8) is 0 Å². The number of nitrogens with one attached hydrogen (secondary N) is 1. The molecule has 2 N–H and O–H groups in total. The van der Waals surface area contributed by atoms with Crippen molar-refractivity contribution in [2.45, 2.75) is 6.42 Å². The molecule has 0 aliphatic heterocycles. The number of carboxylic acids is 1. The third kappa shape index (κ3) is 3.31. The number of carboxylic acid groups (broad SMARTS) is 1. The molecule has 1 rings (SSSR count). The summed E-state index contributed by atoms with van der Waals surface area (Å²) in [5, 5.41) is 11.2. The van der Waals surface area contributed by atoms with Crippen molar-refractivity contribution in [2.75, 3.05) is 11.9 Å². The molecule has 0 aromatic heterocycles. The van der Waals surface area contributed by atoms with E-state index in [9.17, 15) is 4.79 Å². The summed E-state index contributed by atoms with van der Waals surface area (Å²) in [5.74, 6) is -0.861. The Kier molecular flexibility index (Phi) is 3.73. The largest absolute Gasteiger partial charge is 0.480 e. The van der Waals surface area contributed by atoms with E-state index >= 15 is 0 Å². The maximum absolute atomic E-state index is 10.3. The van der Waals surface area contributed by atoms with E-state index in [4.69, 9.17) is 5.11 Å². The summed E-state index contributed by atoms with van der Waals surface area (Å²) in [6.07, 6.45) is 2.67. The van der Waals surface area contributed by atoms with Crippen molar-refractivity contribution in [3.8, 4) is 0 Å². The summed E-state index contributed by atoms with van der Waals surface area (Å²) in [4.78, 5) is 10.3. The Balaban J connectivity index is 2.54. The van der Waals surface area contributed by atoms with Crippen LogP contribution in [0.2, 0.25) is 0 Å². The molecular weight excluding hydrogens is 178 g/mol. The highest BCUT2D eigenvalue weighted by Crippen LogP contribution is 2.09. The van der Waals surface area contributed by atoms with Gasteiger partial charge in [0.1, 0.15) is 6.54 Å². The number of hydrogen-bond donors (Lipinski definition) is 2. The maximum Gasteiger partial charge on any atom is 0.322 e. The number of anilines is 1. The summed E-state index contributed by atoms with van der Waals surface area (Å²) in [6, 6.07) is 7.63. The Morgan fingerprint density at radius 2 is 2.07 bits per heavy atom. The molecule has 0 amide bonds. The molecule has 14 heavy (non-hydrogen) atoms. The molecule has 0 radical (unpaired) electrons. The van der Waals surface area contributed by atoms with Crippen molar-refractivity contribution in [2.24, 2.45) is 0 Å². The first-order valence-electron chi connectivity index (χ1n) is 4.38. The van der Waals surface area contributed by atoms with Gasteiger partial charge in [0.05, 0.1) is 0 Å². The summed E-state index contributed by atoms with van der Waals surface area (Å²) < 4.78 is 0. The molecule has 0 aliphatic carbocycles. The molecule has 0 atom stereocenters. The zero-order valence-corrected chi connectivity index (χ0v) is 7.86. The smallest absolute Gasteiger partial charge is 0.322 e. The van der Waals surface area contributed by atoms with E-state index in [1.54, 1.807) is 0 Å². The molecule has 0 bridgehead atoms. The third-order valence-corrected chi connectivity index (χ3v) is 1.78. The molecule has 74 valence electrons. The van der Waals surface area contributed by atoms with Crippen LogP contribution in [0.25, 0.3) is 0 Å². The minimum absolute atomic E-state index is 0.0548. The highest BCUT2D eigenvalue weighted by molar-refractivity contribution is 5.72. The topological polar surface area (TPSA) is 49.3 Å². The number of hydrogen-bond acceptors (Lipinski definition) is 2. The minimum Gasteiger partial charge on any atom is -0.480 e. The molecule has 0 unspecified atom stereocenters. The van der Waals surface area contributed by atoms with Crippen LogP contribution in [-0.4, -0.2) is 17.6 Å². The van der Waals surface area contributed by atoms with Gasteiger partial charge in [0, 0.05) is 5.69 Å². The van der Waals surface area contributed by atoms with Gasteiger partial charge in [-0.3, -0.25) is 4.79 Å². The van der Waals surface area contributed by atoms with Crippen LogP contribution < -0.4 is 5.32 Å². The van der Waals surface area contributed by atoms with Crippen LogP contribution in [0.5, 0.6) is 0 Å². The zero-order valence-electron chi connectivity index (χ0n) is 7.86. The van der Waals surface area contributed by atoms with Crippen LogP contribution in [0.3, 0.4) is 0 Å². The monoisotopic (exact) mass is 191 g/mol. The second kappa shape index (κ2) is 5.07. The van der Waals surface area contributed by atoms with Crippen LogP contribution in [0.4, 0.5) is 5.69 Å². The van der Waals surface area contributed by atoms with Crippen LogP contribution in [0.15, 0.2) is 36.9 Å². The van der Waals surface area contributed by atoms with Gasteiger partial charge < -0.3 is 10.4 Å². The molecule has 3 nitrogen and oxygen atoms in total. The molecule has 0 spiro atoms. The number of aliphatic carboxylic acids is 1. The van der Waals surface area contributed by atoms with Gasteiger partial charge in [0.15, 0.2) is 0 Å². The Bertz CT molecular complexity index is 317. The molecule has 1 aromatic carbocycles. The highest BCUT2D eigenvalue weighted by atomic mass is 16.4. The lowest BCUT2D eigenvalue weighted by molar-refractivity contribution is -0.134. The molecule has 0 aliphatic rings. The van der Waals surface area contributed by atoms with E-state index in [-0.39, 0.29) is 6.54 Å². The second-order valence-corrected chi connectivity index (χ2v) is 2.94. The predicted molar refractivity (Wildman–Crippen MR) is 56.5 cm³/mol. The van der Waals surface area contributed by atoms with Gasteiger partial charge in [-0.1, -0.05) is 18.2 Å². The summed E-state index contributed by atoms with van der Waals surface area (Å²) >= 11 is 0. The molecule has 0 saturated heterocycles. The Hall–Kier alpha value is -1.77. The van der Waals surface area contributed by atoms with Gasteiger partial charge in [-0.2, -0.15) is 0 Å². The average molecular weight is 191 g/mol. The van der Waals surface area contributed by atoms with E-state index in [1.807, 2.05) is 30.3 Å². The molecule has 0 fully saturated rings. The fourth-order valence-electron chi connectivity index (χ4n) is 1.10. The first kappa shape index (κ1) is 10.3. The normalized spacial score (nSPS) is 9.43. The summed E-state index contributed by atoms with van der Waals surface area (Å²) in [5.41, 5.74) is 1.99. The lowest BCUT2D eigenvalue weighted by Crippen LogP contribution is -2.12. The van der Waals surface area contributed by atoms with E-state index in [0.717, 1.165) is 12.1 Å². The number of allylic oxidation sites excluding steroid dienone is 1. The zero-order chi connectivity index (χ0) is 10.4. The lowest BCUT2D eigenvalue weighted by Gasteiger charge is -2.03. The average Bonchev–Trinajstić information content (AvgIpc) is 2.17. The SMILES string of the molecule is C=CCc1ccc(NCC(=O)O)cc1. The quantitative estimate of drug-likeness (QED) is 0.699. The van der Waals surface area contributed by atoms with Gasteiger partial charge in [-0.05, 0) is 24.1 Å². The molecule has 3 heteroatoms.